The highest BCUT2D eigenvalue weighted by atomic mass is 32.1. The van der Waals surface area contributed by atoms with E-state index in [0.717, 1.165) is 34.8 Å². The number of nitrogens with zero attached hydrogens (tertiary/aromatic N) is 5. The number of halogens is 1. The number of rotatable bonds is 6. The monoisotopic (exact) mass is 495 g/mol. The fraction of sp³-hybridized carbons (Fsp3) is 0.320. The Morgan fingerprint density at radius 2 is 1.97 bits per heavy atom. The molecule has 10 heteroatoms. The van der Waals surface area contributed by atoms with Crippen molar-refractivity contribution in [3.8, 4) is 16.5 Å². The van der Waals surface area contributed by atoms with Crippen LogP contribution in [0.15, 0.2) is 47.5 Å². The summed E-state index contributed by atoms with van der Waals surface area (Å²) in [5, 5.41) is 11.2. The summed E-state index contributed by atoms with van der Waals surface area (Å²) in [6.07, 6.45) is 3.98. The van der Waals surface area contributed by atoms with Gasteiger partial charge in [0.25, 0.3) is 0 Å². The molecule has 1 saturated heterocycles. The average Bonchev–Trinajstić information content (AvgIpc) is 3.31. The van der Waals surface area contributed by atoms with E-state index in [-0.39, 0.29) is 11.5 Å². The van der Waals surface area contributed by atoms with E-state index in [1.165, 1.54) is 21.8 Å². The van der Waals surface area contributed by atoms with Crippen molar-refractivity contribution in [1.29, 1.82) is 0 Å². The predicted molar refractivity (Wildman–Crippen MR) is 134 cm³/mol. The van der Waals surface area contributed by atoms with Crippen molar-refractivity contribution in [2.45, 2.75) is 13.0 Å². The molecule has 182 valence electrons. The molecule has 1 aliphatic rings. The lowest BCUT2D eigenvalue weighted by molar-refractivity contribution is 0.122. The van der Waals surface area contributed by atoms with Gasteiger partial charge in [-0.05, 0) is 49.5 Å². The maximum absolute atomic E-state index is 13.8. The van der Waals surface area contributed by atoms with Crippen molar-refractivity contribution in [1.82, 2.24) is 19.3 Å². The minimum absolute atomic E-state index is 0.165. The molecule has 1 aliphatic heterocycles. The van der Waals surface area contributed by atoms with Crippen LogP contribution in [0.25, 0.3) is 16.3 Å². The predicted octanol–water partition coefficient (Wildman–Crippen LogP) is 3.15. The molecule has 0 aliphatic carbocycles. The number of benzene rings is 1. The van der Waals surface area contributed by atoms with Crippen LogP contribution in [0.4, 0.5) is 10.1 Å². The van der Waals surface area contributed by atoms with Crippen LogP contribution >= 0.6 is 11.3 Å². The topological polar surface area (TPSA) is 83.2 Å². The Morgan fingerprint density at radius 3 is 2.74 bits per heavy atom. The maximum atomic E-state index is 13.8. The van der Waals surface area contributed by atoms with Crippen LogP contribution in [0, 0.1) is 5.82 Å². The summed E-state index contributed by atoms with van der Waals surface area (Å²) in [6, 6.07) is 8.49. The number of aromatic hydroxyl groups is 1. The summed E-state index contributed by atoms with van der Waals surface area (Å²) in [4.78, 5) is 27.0. The highest BCUT2D eigenvalue weighted by Crippen LogP contribution is 2.31. The lowest BCUT2D eigenvalue weighted by atomic mass is 10.0. The van der Waals surface area contributed by atoms with E-state index in [9.17, 15) is 14.3 Å². The van der Waals surface area contributed by atoms with Crippen LogP contribution in [0.3, 0.4) is 0 Å². The molecule has 0 spiro atoms. The van der Waals surface area contributed by atoms with Crippen LogP contribution in [0.2, 0.25) is 0 Å². The molecule has 1 aromatic carbocycles. The summed E-state index contributed by atoms with van der Waals surface area (Å²) in [5.74, 6) is -0.698. The zero-order chi connectivity index (χ0) is 24.5. The Hall–Kier alpha value is -3.34. The molecule has 0 unspecified atom stereocenters. The van der Waals surface area contributed by atoms with Gasteiger partial charge >= 0.3 is 5.56 Å². The summed E-state index contributed by atoms with van der Waals surface area (Å²) >= 11 is 1.36. The fourth-order valence-corrected chi connectivity index (χ4v) is 5.14. The Labute approximate surface area is 205 Å². The smallest absolute Gasteiger partial charge is 0.300 e. The van der Waals surface area contributed by atoms with Crippen molar-refractivity contribution in [2.24, 2.45) is 0 Å². The van der Waals surface area contributed by atoms with E-state index >= 15 is 0 Å². The van der Waals surface area contributed by atoms with Gasteiger partial charge in [0, 0.05) is 43.3 Å². The van der Waals surface area contributed by atoms with Gasteiger partial charge in [0.2, 0.25) is 5.75 Å². The zero-order valence-corrected chi connectivity index (χ0v) is 20.4. The first-order valence-electron chi connectivity index (χ1n) is 11.3. The molecular formula is C25H26FN5O3S. The standard InChI is InChI=1S/C25H26FN5O3S/c1-29(2)14-17-11-18(26)4-3-16(17)12-20-13-27-24(35-20)22-23(32)25(33)31-15-19(5-6-21(31)28-22)30-7-9-34-10-8-30/h3-6,11,13,15,32H,7-10,12,14H2,1-2H3. The summed E-state index contributed by atoms with van der Waals surface area (Å²) < 4.78 is 20.6. The van der Waals surface area contributed by atoms with Crippen molar-refractivity contribution < 1.29 is 14.2 Å². The molecule has 0 saturated carbocycles. The number of ether oxygens (including phenoxy) is 1. The lowest BCUT2D eigenvalue weighted by Gasteiger charge is -2.28. The van der Waals surface area contributed by atoms with Crippen molar-refractivity contribution >= 4 is 22.7 Å². The number of thiazole rings is 1. The molecule has 0 radical (unpaired) electrons. The largest absolute Gasteiger partial charge is 0.501 e. The van der Waals surface area contributed by atoms with Gasteiger partial charge in [-0.15, -0.1) is 11.3 Å². The van der Waals surface area contributed by atoms with Crippen molar-refractivity contribution in [2.75, 3.05) is 45.3 Å². The Bertz CT molecular complexity index is 1430. The highest BCUT2D eigenvalue weighted by Gasteiger charge is 2.19. The molecule has 0 amide bonds. The van der Waals surface area contributed by atoms with Gasteiger partial charge in [0.05, 0.1) is 18.9 Å². The van der Waals surface area contributed by atoms with E-state index in [4.69, 9.17) is 4.74 Å². The second-order valence-electron chi connectivity index (χ2n) is 8.79. The minimum Gasteiger partial charge on any atom is -0.501 e. The molecule has 0 atom stereocenters. The molecule has 1 fully saturated rings. The van der Waals surface area contributed by atoms with Crippen molar-refractivity contribution in [3.63, 3.8) is 0 Å². The normalized spacial score (nSPS) is 14.2. The summed E-state index contributed by atoms with van der Waals surface area (Å²) in [7, 11) is 3.88. The number of aromatic nitrogens is 3. The molecule has 0 bridgehead atoms. The number of fused-ring (bicyclic) bond motifs is 1. The van der Waals surface area contributed by atoms with E-state index in [0.29, 0.717) is 36.8 Å². The number of morpholine rings is 1. The molecular weight excluding hydrogens is 469 g/mol. The van der Waals surface area contributed by atoms with Gasteiger partial charge in [0.1, 0.15) is 22.2 Å². The SMILES string of the molecule is CN(C)Cc1cc(F)ccc1Cc1cnc(-c2nc3ccc(N4CCOCC4)cn3c(=O)c2O)s1. The zero-order valence-electron chi connectivity index (χ0n) is 19.6. The van der Waals surface area contributed by atoms with Gasteiger partial charge in [-0.25, -0.2) is 14.4 Å². The van der Waals surface area contributed by atoms with Crippen LogP contribution in [0.5, 0.6) is 5.75 Å². The second-order valence-corrected chi connectivity index (χ2v) is 9.90. The van der Waals surface area contributed by atoms with E-state index < -0.39 is 11.3 Å². The quantitative estimate of drug-likeness (QED) is 0.440. The van der Waals surface area contributed by atoms with Crippen LogP contribution < -0.4 is 10.5 Å². The third-order valence-corrected chi connectivity index (χ3v) is 6.94. The van der Waals surface area contributed by atoms with Gasteiger partial charge in [-0.2, -0.15) is 0 Å². The highest BCUT2D eigenvalue weighted by molar-refractivity contribution is 7.15. The Balaban J connectivity index is 1.45. The number of hydrogen-bond acceptors (Lipinski definition) is 8. The van der Waals surface area contributed by atoms with Gasteiger partial charge < -0.3 is 19.6 Å². The third-order valence-electron chi connectivity index (χ3n) is 5.94. The minimum atomic E-state index is -0.538. The summed E-state index contributed by atoms with van der Waals surface area (Å²) in [5.41, 5.74) is 2.85. The first-order valence-corrected chi connectivity index (χ1v) is 12.2. The van der Waals surface area contributed by atoms with Crippen molar-refractivity contribution in [3.05, 3.63) is 74.9 Å². The van der Waals surface area contributed by atoms with Gasteiger partial charge in [-0.1, -0.05) is 6.07 Å². The van der Waals surface area contributed by atoms with E-state index in [1.54, 1.807) is 30.6 Å². The third kappa shape index (κ3) is 4.90. The lowest BCUT2D eigenvalue weighted by Crippen LogP contribution is -2.36. The molecule has 3 aromatic heterocycles. The number of anilines is 1. The van der Waals surface area contributed by atoms with Gasteiger partial charge in [0.15, 0.2) is 0 Å². The molecule has 35 heavy (non-hydrogen) atoms. The molecule has 5 rings (SSSR count). The van der Waals surface area contributed by atoms with Crippen LogP contribution in [0.1, 0.15) is 16.0 Å². The second kappa shape index (κ2) is 9.73. The van der Waals surface area contributed by atoms with Crippen LogP contribution in [-0.2, 0) is 17.7 Å². The van der Waals surface area contributed by atoms with Crippen LogP contribution in [-0.4, -0.2) is 64.8 Å². The first-order chi connectivity index (χ1) is 16.9. The average molecular weight is 496 g/mol. The molecule has 4 aromatic rings. The molecule has 4 heterocycles. The van der Waals surface area contributed by atoms with Gasteiger partial charge in [-0.3, -0.25) is 9.20 Å². The molecule has 8 nitrogen and oxygen atoms in total. The maximum Gasteiger partial charge on any atom is 0.300 e. The Kier molecular flexibility index (Phi) is 6.50. The van der Waals surface area contributed by atoms with E-state index in [2.05, 4.69) is 14.9 Å². The summed E-state index contributed by atoms with van der Waals surface area (Å²) in [6.45, 7) is 3.37. The molecule has 1 N–H and O–H groups in total. The first kappa shape index (κ1) is 23.4. The number of hydrogen-bond donors (Lipinski definition) is 1. The van der Waals surface area contributed by atoms with E-state index in [1.807, 2.05) is 25.1 Å². The Morgan fingerprint density at radius 1 is 1.17 bits per heavy atom. The fourth-order valence-electron chi connectivity index (χ4n) is 4.22. The number of pyridine rings is 1.